The van der Waals surface area contributed by atoms with E-state index >= 15 is 0 Å². The number of rotatable bonds is 5. The molecule has 4 nitrogen and oxygen atoms in total. The number of amides is 1. The molecule has 0 heterocycles. The van der Waals surface area contributed by atoms with Gasteiger partial charge in [-0.2, -0.15) is 0 Å². The van der Waals surface area contributed by atoms with Crippen molar-refractivity contribution in [3.63, 3.8) is 0 Å². The van der Waals surface area contributed by atoms with E-state index in [9.17, 15) is 4.79 Å². The lowest BCUT2D eigenvalue weighted by Crippen LogP contribution is -2.17. The van der Waals surface area contributed by atoms with Crippen molar-refractivity contribution in [2.24, 2.45) is 0 Å². The number of carbonyl (C=O) groups excluding carboxylic acids is 1. The molecule has 0 aliphatic heterocycles. The zero-order valence-corrected chi connectivity index (χ0v) is 12.6. The van der Waals surface area contributed by atoms with Gasteiger partial charge < -0.3 is 14.8 Å². The van der Waals surface area contributed by atoms with Crippen LogP contribution < -0.4 is 10.1 Å². The van der Waals surface area contributed by atoms with Gasteiger partial charge in [-0.3, -0.25) is 4.79 Å². The Labute approximate surface area is 128 Å². The number of aryl methyl sites for hydroxylation is 1. The minimum atomic E-state index is -0.270. The second-order valence-electron chi connectivity index (χ2n) is 4.54. The van der Waals surface area contributed by atoms with Crippen LogP contribution in [-0.4, -0.2) is 19.6 Å². The van der Waals surface area contributed by atoms with Crippen molar-refractivity contribution in [2.75, 3.05) is 19.0 Å². The third-order valence-corrected chi connectivity index (χ3v) is 2.94. The summed E-state index contributed by atoms with van der Waals surface area (Å²) in [6.07, 6.45) is 0. The quantitative estimate of drug-likeness (QED) is 0.907. The summed E-state index contributed by atoms with van der Waals surface area (Å²) in [5.74, 6) is 0.947. The molecule has 5 heteroatoms. The van der Waals surface area contributed by atoms with Gasteiger partial charge in [-0.25, -0.2) is 0 Å². The predicted molar refractivity (Wildman–Crippen MR) is 83.2 cm³/mol. The van der Waals surface area contributed by atoms with Crippen LogP contribution >= 0.6 is 11.6 Å². The summed E-state index contributed by atoms with van der Waals surface area (Å²) in [5.41, 5.74) is 1.59. The Balaban J connectivity index is 2.24. The van der Waals surface area contributed by atoms with E-state index in [1.165, 1.54) is 7.11 Å². The smallest absolute Gasteiger partial charge is 0.250 e. The third kappa shape index (κ3) is 4.48. The van der Waals surface area contributed by atoms with Crippen molar-refractivity contribution < 1.29 is 14.3 Å². The molecule has 110 valence electrons. The molecule has 2 aromatic carbocycles. The standard InChI is InChI=1S/C16H16ClNO3/c1-11-4-3-5-13(8-11)21-15-7-6-12(17)9-14(15)18-16(19)10-20-2/h3-9H,10H2,1-2H3,(H,18,19). The Hall–Kier alpha value is -2.04. The van der Waals surface area contributed by atoms with E-state index in [-0.39, 0.29) is 12.5 Å². The van der Waals surface area contributed by atoms with E-state index in [1.807, 2.05) is 31.2 Å². The van der Waals surface area contributed by atoms with Gasteiger partial charge in [0.1, 0.15) is 12.4 Å². The van der Waals surface area contributed by atoms with Crippen molar-refractivity contribution in [1.82, 2.24) is 0 Å². The number of hydrogen-bond donors (Lipinski definition) is 1. The second-order valence-corrected chi connectivity index (χ2v) is 4.98. The lowest BCUT2D eigenvalue weighted by Gasteiger charge is -2.13. The Morgan fingerprint density at radius 3 is 2.76 bits per heavy atom. The number of methoxy groups -OCH3 is 1. The fourth-order valence-corrected chi connectivity index (χ4v) is 1.98. The highest BCUT2D eigenvalue weighted by Gasteiger charge is 2.10. The molecular formula is C16H16ClNO3. The van der Waals surface area contributed by atoms with Crippen molar-refractivity contribution in [3.8, 4) is 11.5 Å². The molecular weight excluding hydrogens is 290 g/mol. The molecule has 0 unspecified atom stereocenters. The molecule has 1 amide bonds. The second kappa shape index (κ2) is 7.11. The number of nitrogens with one attached hydrogen (secondary N) is 1. The first-order valence-electron chi connectivity index (χ1n) is 6.41. The molecule has 0 aliphatic carbocycles. The molecule has 0 atom stereocenters. The van der Waals surface area contributed by atoms with Crippen molar-refractivity contribution in [3.05, 3.63) is 53.1 Å². The maximum absolute atomic E-state index is 11.6. The zero-order valence-electron chi connectivity index (χ0n) is 11.9. The number of benzene rings is 2. The molecule has 0 bridgehead atoms. The summed E-state index contributed by atoms with van der Waals surface area (Å²) in [5, 5.41) is 3.23. The number of anilines is 1. The Morgan fingerprint density at radius 2 is 2.05 bits per heavy atom. The summed E-state index contributed by atoms with van der Waals surface area (Å²) < 4.78 is 10.6. The van der Waals surface area contributed by atoms with Crippen LogP contribution in [0.1, 0.15) is 5.56 Å². The van der Waals surface area contributed by atoms with Crippen LogP contribution in [0.5, 0.6) is 11.5 Å². The van der Waals surface area contributed by atoms with Gasteiger partial charge in [-0.1, -0.05) is 23.7 Å². The highest BCUT2D eigenvalue weighted by Crippen LogP contribution is 2.32. The molecule has 0 radical (unpaired) electrons. The van der Waals surface area contributed by atoms with E-state index in [1.54, 1.807) is 18.2 Å². The lowest BCUT2D eigenvalue weighted by molar-refractivity contribution is -0.119. The highest BCUT2D eigenvalue weighted by atomic mass is 35.5. The maximum Gasteiger partial charge on any atom is 0.250 e. The average Bonchev–Trinajstić information content (AvgIpc) is 2.42. The summed E-state index contributed by atoms with van der Waals surface area (Å²) in [6, 6.07) is 12.7. The number of ether oxygens (including phenoxy) is 2. The molecule has 0 saturated heterocycles. The zero-order chi connectivity index (χ0) is 15.2. The van der Waals surface area contributed by atoms with Crippen LogP contribution in [0.3, 0.4) is 0 Å². The van der Waals surface area contributed by atoms with Crippen LogP contribution in [0, 0.1) is 6.92 Å². The van der Waals surface area contributed by atoms with Gasteiger partial charge in [0.2, 0.25) is 5.91 Å². The molecule has 0 aromatic heterocycles. The van der Waals surface area contributed by atoms with Gasteiger partial charge in [-0.15, -0.1) is 0 Å². The molecule has 0 saturated carbocycles. The van der Waals surface area contributed by atoms with Gasteiger partial charge in [0, 0.05) is 12.1 Å². The van der Waals surface area contributed by atoms with Crippen LogP contribution in [0.15, 0.2) is 42.5 Å². The normalized spacial score (nSPS) is 10.2. The molecule has 0 spiro atoms. The SMILES string of the molecule is COCC(=O)Nc1cc(Cl)ccc1Oc1cccc(C)c1. The van der Waals surface area contributed by atoms with Crippen molar-refractivity contribution in [1.29, 1.82) is 0 Å². The maximum atomic E-state index is 11.6. The predicted octanol–water partition coefficient (Wildman–Crippen LogP) is 4.03. The third-order valence-electron chi connectivity index (χ3n) is 2.71. The van der Waals surface area contributed by atoms with Gasteiger partial charge in [-0.05, 0) is 42.8 Å². The first-order valence-corrected chi connectivity index (χ1v) is 6.79. The van der Waals surface area contributed by atoms with Gasteiger partial charge >= 0.3 is 0 Å². The van der Waals surface area contributed by atoms with Gasteiger partial charge in [0.05, 0.1) is 5.69 Å². The van der Waals surface area contributed by atoms with Crippen LogP contribution in [0.2, 0.25) is 5.02 Å². The largest absolute Gasteiger partial charge is 0.455 e. The van der Waals surface area contributed by atoms with Gasteiger partial charge in [0.25, 0.3) is 0 Å². The van der Waals surface area contributed by atoms with E-state index < -0.39 is 0 Å². The Kier molecular flexibility index (Phi) is 5.20. The van der Waals surface area contributed by atoms with Crippen LogP contribution in [-0.2, 0) is 9.53 Å². The van der Waals surface area contributed by atoms with E-state index in [0.717, 1.165) is 5.56 Å². The van der Waals surface area contributed by atoms with Crippen LogP contribution in [0.4, 0.5) is 5.69 Å². The molecule has 0 aliphatic rings. The van der Waals surface area contributed by atoms with E-state index in [0.29, 0.717) is 22.2 Å². The van der Waals surface area contributed by atoms with E-state index in [2.05, 4.69) is 5.32 Å². The lowest BCUT2D eigenvalue weighted by atomic mass is 10.2. The minimum absolute atomic E-state index is 0.0314. The van der Waals surface area contributed by atoms with Gasteiger partial charge in [0.15, 0.2) is 5.75 Å². The topological polar surface area (TPSA) is 47.6 Å². The Bertz CT molecular complexity index is 643. The van der Waals surface area contributed by atoms with Crippen molar-refractivity contribution in [2.45, 2.75) is 6.92 Å². The Morgan fingerprint density at radius 1 is 1.24 bits per heavy atom. The summed E-state index contributed by atoms with van der Waals surface area (Å²) in [6.45, 7) is 1.95. The first kappa shape index (κ1) is 15.4. The molecule has 1 N–H and O–H groups in total. The number of hydrogen-bond acceptors (Lipinski definition) is 3. The van der Waals surface area contributed by atoms with E-state index in [4.69, 9.17) is 21.1 Å². The fourth-order valence-electron chi connectivity index (χ4n) is 1.81. The molecule has 21 heavy (non-hydrogen) atoms. The molecule has 0 fully saturated rings. The number of carbonyl (C=O) groups is 1. The molecule has 2 aromatic rings. The van der Waals surface area contributed by atoms with Crippen LogP contribution in [0.25, 0.3) is 0 Å². The number of halogens is 1. The minimum Gasteiger partial charge on any atom is -0.455 e. The summed E-state index contributed by atoms with van der Waals surface area (Å²) >= 11 is 5.97. The monoisotopic (exact) mass is 305 g/mol. The fraction of sp³-hybridized carbons (Fsp3) is 0.188. The average molecular weight is 306 g/mol. The summed E-state index contributed by atoms with van der Waals surface area (Å²) in [4.78, 5) is 11.6. The van der Waals surface area contributed by atoms with Crippen molar-refractivity contribution >= 4 is 23.2 Å². The summed E-state index contributed by atoms with van der Waals surface area (Å²) in [7, 11) is 1.46. The highest BCUT2D eigenvalue weighted by molar-refractivity contribution is 6.31. The first-order chi connectivity index (χ1) is 10.1. The molecule has 2 rings (SSSR count).